The third-order valence-corrected chi connectivity index (χ3v) is 0.769. The molecule has 1 radical (unpaired) electrons. The van der Waals surface area contributed by atoms with Crippen molar-refractivity contribution >= 4 is 25.2 Å². The van der Waals surface area contributed by atoms with Gasteiger partial charge in [-0.2, -0.15) is 0 Å². The van der Waals surface area contributed by atoms with Gasteiger partial charge in [0.1, 0.15) is 0 Å². The molecule has 0 bridgehead atoms. The summed E-state index contributed by atoms with van der Waals surface area (Å²) in [5.41, 5.74) is 0. The average molecular weight is 161 g/mol. The first kappa shape index (κ1) is 10.2. The SMILES string of the molecule is [B]=Nc1n[c-]nc(Cl)n1.[Na+]. The summed E-state index contributed by atoms with van der Waals surface area (Å²) in [5, 5.41) is 0.0363. The van der Waals surface area contributed by atoms with Crippen molar-refractivity contribution in [1.82, 2.24) is 15.0 Å². The van der Waals surface area contributed by atoms with Crippen LogP contribution in [-0.2, 0) is 0 Å². The Hall–Kier alpha value is 0.165. The fourth-order valence-electron chi connectivity index (χ4n) is 0.301. The second-order valence-electron chi connectivity index (χ2n) is 1.13. The maximum Gasteiger partial charge on any atom is 1.00 e. The first-order valence-corrected chi connectivity index (χ1v) is 2.39. The Balaban J connectivity index is 0.000000810. The summed E-state index contributed by atoms with van der Waals surface area (Å²) in [6.45, 7) is 0. The third-order valence-electron chi connectivity index (χ3n) is 0.600. The molecule has 0 unspecified atom stereocenters. The second-order valence-corrected chi connectivity index (χ2v) is 1.47. The van der Waals surface area contributed by atoms with E-state index in [-0.39, 0.29) is 40.8 Å². The van der Waals surface area contributed by atoms with Gasteiger partial charge >= 0.3 is 86.2 Å². The van der Waals surface area contributed by atoms with Crippen LogP contribution in [0, 0.1) is 6.33 Å². The van der Waals surface area contributed by atoms with Crippen LogP contribution in [0.15, 0.2) is 4.90 Å². The molecular weight excluding hydrogens is 161 g/mol. The first-order chi connectivity index (χ1) is 4.33. The van der Waals surface area contributed by atoms with Gasteiger partial charge in [-0.05, 0) is 0 Å². The Morgan fingerprint density at radius 1 is 1.50 bits per heavy atom. The van der Waals surface area contributed by atoms with Gasteiger partial charge < -0.3 is 0 Å². The first-order valence-electron chi connectivity index (χ1n) is 2.01. The summed E-state index contributed by atoms with van der Waals surface area (Å²) < 4.78 is 0. The number of hydrogen-bond donors (Lipinski definition) is 0. The maximum absolute atomic E-state index is 5.31. The van der Waals surface area contributed by atoms with Crippen LogP contribution in [-0.4, -0.2) is 22.6 Å². The molecule has 0 saturated carbocycles. The summed E-state index contributed by atoms with van der Waals surface area (Å²) in [5.74, 6) is 0.0787. The molecule has 0 atom stereocenters. The van der Waals surface area contributed by atoms with Gasteiger partial charge in [0, 0.05) is 0 Å². The van der Waals surface area contributed by atoms with Crippen molar-refractivity contribution in [3.63, 3.8) is 0 Å². The van der Waals surface area contributed by atoms with Crippen LogP contribution < -0.4 is 29.6 Å². The standard InChI is InChI=1S/C3BClN4.Na/c4-9-3-7-1-6-2(5)8-3;/q-1;+1. The molecule has 1 aromatic rings. The molecule has 1 rings (SSSR count). The van der Waals surface area contributed by atoms with Crippen molar-refractivity contribution in [3.8, 4) is 0 Å². The van der Waals surface area contributed by atoms with E-state index < -0.39 is 0 Å². The van der Waals surface area contributed by atoms with Crippen LogP contribution in [0.3, 0.4) is 0 Å². The normalized spacial score (nSPS) is 8.00. The van der Waals surface area contributed by atoms with E-state index in [1.807, 2.05) is 0 Å². The Morgan fingerprint density at radius 3 is 2.60 bits per heavy atom. The van der Waals surface area contributed by atoms with Gasteiger partial charge in [0.05, 0.1) is 0 Å². The molecule has 0 spiro atoms. The predicted octanol–water partition coefficient (Wildman–Crippen LogP) is -2.69. The van der Waals surface area contributed by atoms with Crippen molar-refractivity contribution in [1.29, 1.82) is 0 Å². The molecular formula is C3BClN4Na. The molecule has 0 aromatic carbocycles. The van der Waals surface area contributed by atoms with Crippen molar-refractivity contribution in [2.24, 2.45) is 4.90 Å². The number of halogens is 1. The van der Waals surface area contributed by atoms with E-state index in [0.717, 1.165) is 0 Å². The largest absolute Gasteiger partial charge is 1.00 e. The second kappa shape index (κ2) is 4.90. The molecule has 10 heavy (non-hydrogen) atoms. The fraction of sp³-hybridized carbons (Fsp3) is 0. The smallest absolute Gasteiger partial charge is 1.00 e. The van der Waals surface area contributed by atoms with Crippen LogP contribution in [0.25, 0.3) is 0 Å². The van der Waals surface area contributed by atoms with Crippen molar-refractivity contribution in [3.05, 3.63) is 11.6 Å². The molecule has 0 fully saturated rings. The molecule has 1 heterocycles. The average Bonchev–Trinajstić information content (AvgIpc) is 1.88. The number of rotatable bonds is 1. The number of aromatic nitrogens is 3. The summed E-state index contributed by atoms with van der Waals surface area (Å²) in [6.07, 6.45) is 2.21. The molecule has 0 N–H and O–H groups in total. The molecule has 0 amide bonds. The molecule has 0 aliphatic carbocycles. The van der Waals surface area contributed by atoms with Gasteiger partial charge in [0.25, 0.3) is 0 Å². The van der Waals surface area contributed by atoms with Crippen LogP contribution in [0.1, 0.15) is 0 Å². The Kier molecular flexibility index (Phi) is 4.98. The van der Waals surface area contributed by atoms with Gasteiger partial charge in [0.15, 0.2) is 0 Å². The zero-order valence-corrected chi connectivity index (χ0v) is 8.00. The monoisotopic (exact) mass is 161 g/mol. The van der Waals surface area contributed by atoms with Gasteiger partial charge in [-0.3, -0.25) is 0 Å². The van der Waals surface area contributed by atoms with E-state index in [0.29, 0.717) is 0 Å². The van der Waals surface area contributed by atoms with Gasteiger partial charge in [0.2, 0.25) is 0 Å². The molecule has 43 valence electrons. The van der Waals surface area contributed by atoms with Gasteiger partial charge in [-0.15, -0.1) is 0 Å². The number of hydrogen-bond acceptors (Lipinski definition) is 4. The zero-order valence-electron chi connectivity index (χ0n) is 5.24. The summed E-state index contributed by atoms with van der Waals surface area (Å²) in [7, 11) is 4.81. The van der Waals surface area contributed by atoms with E-state index in [9.17, 15) is 0 Å². The topological polar surface area (TPSA) is 51.0 Å². The van der Waals surface area contributed by atoms with E-state index in [1.165, 1.54) is 0 Å². The van der Waals surface area contributed by atoms with E-state index in [1.54, 1.807) is 0 Å². The Bertz CT molecular complexity index is 231. The zero-order chi connectivity index (χ0) is 6.69. The Labute approximate surface area is 85.9 Å². The Morgan fingerprint density at radius 2 is 2.20 bits per heavy atom. The number of nitrogens with zero attached hydrogens (tertiary/aromatic N) is 4. The van der Waals surface area contributed by atoms with Gasteiger partial charge in [-0.25, -0.2) is 0 Å². The van der Waals surface area contributed by atoms with Crippen molar-refractivity contribution in [2.75, 3.05) is 0 Å². The van der Waals surface area contributed by atoms with Crippen LogP contribution >= 0.6 is 11.6 Å². The maximum atomic E-state index is 5.31. The molecule has 4 nitrogen and oxygen atoms in total. The quantitative estimate of drug-likeness (QED) is 0.333. The minimum Gasteiger partial charge on any atom is 1.00 e. The van der Waals surface area contributed by atoms with Crippen molar-refractivity contribution < 1.29 is 29.6 Å². The van der Waals surface area contributed by atoms with Crippen LogP contribution in [0.4, 0.5) is 5.95 Å². The van der Waals surface area contributed by atoms with Gasteiger partial charge in [-0.1, -0.05) is 0 Å². The minimum absolute atomic E-state index is 0. The summed E-state index contributed by atoms with van der Waals surface area (Å²) in [6, 6.07) is 0. The summed E-state index contributed by atoms with van der Waals surface area (Å²) in [4.78, 5) is 13.5. The van der Waals surface area contributed by atoms with E-state index in [4.69, 9.17) is 19.2 Å². The summed E-state index contributed by atoms with van der Waals surface area (Å²) >= 11 is 5.31. The molecule has 0 saturated heterocycles. The molecule has 0 aliphatic rings. The third kappa shape index (κ3) is 2.83. The molecule has 7 heteroatoms. The van der Waals surface area contributed by atoms with Crippen molar-refractivity contribution in [2.45, 2.75) is 0 Å². The molecule has 0 aliphatic heterocycles. The fourth-order valence-corrected chi connectivity index (χ4v) is 0.415. The van der Waals surface area contributed by atoms with E-state index >= 15 is 0 Å². The minimum atomic E-state index is 0. The predicted molar refractivity (Wildman–Crippen MR) is 31.5 cm³/mol. The van der Waals surface area contributed by atoms with Crippen LogP contribution in [0.2, 0.25) is 5.28 Å². The molecule has 1 aromatic heterocycles. The van der Waals surface area contributed by atoms with Crippen LogP contribution in [0.5, 0.6) is 0 Å². The van der Waals surface area contributed by atoms with E-state index in [2.05, 4.69) is 26.2 Å².